The maximum Gasteiger partial charge on any atom is 0.310 e. The number of nitrogens with zero attached hydrogens (tertiary/aromatic N) is 2. The van der Waals surface area contributed by atoms with Crippen molar-refractivity contribution in [3.63, 3.8) is 0 Å². The number of carbonyl (C=O) groups is 1. The van der Waals surface area contributed by atoms with Crippen molar-refractivity contribution < 1.29 is 9.53 Å². The lowest BCUT2D eigenvalue weighted by Gasteiger charge is -2.28. The van der Waals surface area contributed by atoms with Crippen LogP contribution in [0.3, 0.4) is 0 Å². The molecule has 1 fully saturated rings. The van der Waals surface area contributed by atoms with Gasteiger partial charge in [-0.25, -0.2) is 9.97 Å². The van der Waals surface area contributed by atoms with E-state index in [-0.39, 0.29) is 30.0 Å². The summed E-state index contributed by atoms with van der Waals surface area (Å²) >= 11 is 3.27. The fourth-order valence-electron chi connectivity index (χ4n) is 5.12. The summed E-state index contributed by atoms with van der Waals surface area (Å²) < 4.78 is 6.84. The Balaban J connectivity index is 1.21. The lowest BCUT2D eigenvalue weighted by molar-refractivity contribution is -0.152. The molecule has 6 nitrogen and oxygen atoms in total. The van der Waals surface area contributed by atoms with Crippen LogP contribution in [0.25, 0.3) is 20.4 Å². The average Bonchev–Trinajstić information content (AvgIpc) is 3.51. The Morgan fingerprint density at radius 2 is 1.97 bits per heavy atom. The predicted molar refractivity (Wildman–Crippen MR) is 126 cm³/mol. The van der Waals surface area contributed by atoms with Gasteiger partial charge in [-0.05, 0) is 49.8 Å². The minimum Gasteiger partial charge on any atom is -0.457 e. The number of para-hydroxylation sites is 1. The summed E-state index contributed by atoms with van der Waals surface area (Å²) in [5.74, 6) is 0.0854. The third kappa shape index (κ3) is 3.46. The minimum atomic E-state index is -0.217. The number of ether oxygens (including phenoxy) is 1. The van der Waals surface area contributed by atoms with E-state index in [2.05, 4.69) is 16.0 Å². The molecule has 2 aliphatic rings. The van der Waals surface area contributed by atoms with Gasteiger partial charge in [0.05, 0.1) is 26.5 Å². The van der Waals surface area contributed by atoms with Gasteiger partial charge in [0.1, 0.15) is 17.3 Å². The van der Waals surface area contributed by atoms with E-state index in [4.69, 9.17) is 9.72 Å². The van der Waals surface area contributed by atoms with Gasteiger partial charge in [-0.15, -0.1) is 22.7 Å². The standard InChI is InChI=1S/C24H23N3O3S2/c28-21-20-15-8-5-11-17(15)31-23(20)27-19(26-21)12-30-24(29)14-7-2-1-6-13(14)22-25-16-9-3-4-10-18(16)32-22/h3-4,9-10,13-14H,1-2,5-8,11-12H2,(H,26,27,28)/t13-,14+/m0/s1. The van der Waals surface area contributed by atoms with E-state index < -0.39 is 0 Å². The van der Waals surface area contributed by atoms with Gasteiger partial charge in [-0.2, -0.15) is 0 Å². The van der Waals surface area contributed by atoms with E-state index in [1.54, 1.807) is 22.7 Å². The molecule has 1 saturated carbocycles. The second-order valence-electron chi connectivity index (χ2n) is 8.68. The number of H-pyrrole nitrogens is 1. The van der Waals surface area contributed by atoms with E-state index in [9.17, 15) is 9.59 Å². The Kier molecular flexibility index (Phi) is 5.07. The molecule has 1 N–H and O–H groups in total. The van der Waals surface area contributed by atoms with Crippen LogP contribution in [-0.2, 0) is 29.0 Å². The fraction of sp³-hybridized carbons (Fsp3) is 0.417. The van der Waals surface area contributed by atoms with Gasteiger partial charge in [0.15, 0.2) is 0 Å². The van der Waals surface area contributed by atoms with Crippen LogP contribution in [0.5, 0.6) is 0 Å². The zero-order valence-corrected chi connectivity index (χ0v) is 19.2. The first-order chi connectivity index (χ1) is 15.7. The van der Waals surface area contributed by atoms with Crippen LogP contribution in [0.15, 0.2) is 29.1 Å². The molecule has 0 saturated heterocycles. The highest BCUT2D eigenvalue weighted by atomic mass is 32.1. The number of aromatic amines is 1. The lowest BCUT2D eigenvalue weighted by Crippen LogP contribution is -2.28. The smallest absolute Gasteiger partial charge is 0.310 e. The molecule has 3 aromatic heterocycles. The number of hydrogen-bond acceptors (Lipinski definition) is 7. The normalized spacial score (nSPS) is 20.6. The second-order valence-corrected chi connectivity index (χ2v) is 10.8. The molecule has 0 bridgehead atoms. The van der Waals surface area contributed by atoms with E-state index in [1.807, 2.05) is 18.2 Å². The molecule has 164 valence electrons. The van der Waals surface area contributed by atoms with Gasteiger partial charge in [-0.3, -0.25) is 9.59 Å². The van der Waals surface area contributed by atoms with E-state index >= 15 is 0 Å². The summed E-state index contributed by atoms with van der Waals surface area (Å²) in [4.78, 5) is 40.0. The number of nitrogens with one attached hydrogen (secondary N) is 1. The SMILES string of the molecule is O=C(OCc1nc2sc3c(c2c(=O)[nH]1)CCC3)[C@@H]1CCCC[C@@H]1c1nc2ccccc2s1. The molecular weight excluding hydrogens is 442 g/mol. The monoisotopic (exact) mass is 465 g/mol. The largest absolute Gasteiger partial charge is 0.457 e. The lowest BCUT2D eigenvalue weighted by atomic mass is 9.79. The predicted octanol–water partition coefficient (Wildman–Crippen LogP) is 5.10. The first kappa shape index (κ1) is 20.1. The summed E-state index contributed by atoms with van der Waals surface area (Å²) in [7, 11) is 0. The topological polar surface area (TPSA) is 84.9 Å². The maximum atomic E-state index is 13.1. The van der Waals surface area contributed by atoms with Crippen molar-refractivity contribution in [2.75, 3.05) is 0 Å². The zero-order valence-electron chi connectivity index (χ0n) is 17.6. The van der Waals surface area contributed by atoms with Crippen LogP contribution < -0.4 is 5.56 Å². The summed E-state index contributed by atoms with van der Waals surface area (Å²) in [6.07, 6.45) is 6.94. The molecule has 6 rings (SSSR count). The van der Waals surface area contributed by atoms with E-state index in [0.29, 0.717) is 5.82 Å². The molecule has 0 unspecified atom stereocenters. The number of rotatable bonds is 4. The number of aryl methyl sites for hydroxylation is 2. The average molecular weight is 466 g/mol. The molecule has 0 aliphatic heterocycles. The van der Waals surface area contributed by atoms with Crippen LogP contribution in [0.4, 0.5) is 0 Å². The summed E-state index contributed by atoms with van der Waals surface area (Å²) in [5, 5.41) is 1.75. The van der Waals surface area contributed by atoms with Crippen molar-refractivity contribution in [2.45, 2.75) is 57.5 Å². The highest BCUT2D eigenvalue weighted by Crippen LogP contribution is 2.41. The molecule has 3 heterocycles. The van der Waals surface area contributed by atoms with Gasteiger partial charge < -0.3 is 9.72 Å². The number of fused-ring (bicyclic) bond motifs is 4. The van der Waals surface area contributed by atoms with Gasteiger partial charge in [0.2, 0.25) is 0 Å². The van der Waals surface area contributed by atoms with Crippen LogP contribution in [0.2, 0.25) is 0 Å². The zero-order chi connectivity index (χ0) is 21.7. The molecule has 2 aliphatic carbocycles. The summed E-state index contributed by atoms with van der Waals surface area (Å²) in [6, 6.07) is 8.10. The van der Waals surface area contributed by atoms with Crippen molar-refractivity contribution in [3.8, 4) is 0 Å². The molecule has 0 radical (unpaired) electrons. The summed E-state index contributed by atoms with van der Waals surface area (Å²) in [5.41, 5.74) is 2.02. The third-order valence-electron chi connectivity index (χ3n) is 6.67. The minimum absolute atomic E-state index is 0.00432. The number of esters is 1. The second kappa shape index (κ2) is 8.08. The molecule has 1 aromatic carbocycles. The van der Waals surface area contributed by atoms with Gasteiger partial charge in [0, 0.05) is 10.8 Å². The Hall–Kier alpha value is -2.58. The van der Waals surface area contributed by atoms with Crippen LogP contribution in [-0.4, -0.2) is 20.9 Å². The molecule has 2 atom stereocenters. The Bertz CT molecular complexity index is 1350. The molecule has 0 amide bonds. The maximum absolute atomic E-state index is 13.1. The van der Waals surface area contributed by atoms with Crippen LogP contribution >= 0.6 is 22.7 Å². The highest BCUT2D eigenvalue weighted by molar-refractivity contribution is 7.19. The Morgan fingerprint density at radius 1 is 1.09 bits per heavy atom. The quantitative estimate of drug-likeness (QED) is 0.424. The van der Waals surface area contributed by atoms with Crippen LogP contribution in [0.1, 0.15) is 59.3 Å². The van der Waals surface area contributed by atoms with Crippen molar-refractivity contribution in [3.05, 3.63) is 55.9 Å². The number of benzene rings is 1. The van der Waals surface area contributed by atoms with Crippen molar-refractivity contribution in [2.24, 2.45) is 5.92 Å². The highest BCUT2D eigenvalue weighted by Gasteiger charge is 2.35. The molecule has 4 aromatic rings. The number of thiophene rings is 1. The van der Waals surface area contributed by atoms with E-state index in [1.165, 1.54) is 4.88 Å². The summed E-state index contributed by atoms with van der Waals surface area (Å²) in [6.45, 7) is -0.00432. The van der Waals surface area contributed by atoms with Crippen molar-refractivity contribution in [1.29, 1.82) is 0 Å². The number of carbonyl (C=O) groups excluding carboxylic acids is 1. The first-order valence-corrected chi connectivity index (χ1v) is 12.9. The van der Waals surface area contributed by atoms with Crippen molar-refractivity contribution in [1.82, 2.24) is 15.0 Å². The fourth-order valence-corrected chi connectivity index (χ4v) is 7.57. The number of thiazole rings is 1. The van der Waals surface area contributed by atoms with Gasteiger partial charge in [-0.1, -0.05) is 25.0 Å². The molecule has 0 spiro atoms. The Labute approximate surface area is 192 Å². The van der Waals surface area contributed by atoms with E-state index in [0.717, 1.165) is 76.0 Å². The molecule has 8 heteroatoms. The van der Waals surface area contributed by atoms with Gasteiger partial charge in [0.25, 0.3) is 5.56 Å². The first-order valence-electron chi connectivity index (χ1n) is 11.2. The Morgan fingerprint density at radius 3 is 2.88 bits per heavy atom. The third-order valence-corrected chi connectivity index (χ3v) is 9.03. The molecule has 32 heavy (non-hydrogen) atoms. The number of aromatic nitrogens is 3. The molecular formula is C24H23N3O3S2. The van der Waals surface area contributed by atoms with Crippen molar-refractivity contribution >= 4 is 49.1 Å². The number of hydrogen-bond donors (Lipinski definition) is 1. The van der Waals surface area contributed by atoms with Crippen LogP contribution in [0, 0.1) is 5.92 Å². The van der Waals surface area contributed by atoms with Gasteiger partial charge >= 0.3 is 5.97 Å².